The average Bonchev–Trinajstić information content (AvgIpc) is 2.99. The monoisotopic (exact) mass is 311 g/mol. The number of hydrogen-bond donors (Lipinski definition) is 2. The van der Waals surface area contributed by atoms with Gasteiger partial charge in [0.1, 0.15) is 0 Å². The maximum absolute atomic E-state index is 12.0. The minimum Gasteiger partial charge on any atom is -0.347 e. The number of rotatable bonds is 5. The first kappa shape index (κ1) is 17.5. The van der Waals surface area contributed by atoms with E-state index in [1.54, 1.807) is 11.9 Å². The SMILES string of the molecule is CN(C(=O)CNC(=O)Cc1ccccc1)C1CCNC1.Cl. The fraction of sp³-hybridized carbons (Fsp3) is 0.467. The van der Waals surface area contributed by atoms with Crippen LogP contribution in [0.2, 0.25) is 0 Å². The zero-order chi connectivity index (χ0) is 14.4. The number of carbonyl (C=O) groups is 2. The Kier molecular flexibility index (Phi) is 7.19. The summed E-state index contributed by atoms with van der Waals surface area (Å²) in [5.41, 5.74) is 0.950. The molecule has 0 bridgehead atoms. The smallest absolute Gasteiger partial charge is 0.242 e. The molecule has 0 spiro atoms. The molecule has 1 unspecified atom stereocenters. The second kappa shape index (κ2) is 8.64. The molecular weight excluding hydrogens is 290 g/mol. The third kappa shape index (κ3) is 5.36. The fourth-order valence-electron chi connectivity index (χ4n) is 2.32. The second-order valence-corrected chi connectivity index (χ2v) is 5.09. The molecule has 2 N–H and O–H groups in total. The summed E-state index contributed by atoms with van der Waals surface area (Å²) in [6.45, 7) is 1.85. The van der Waals surface area contributed by atoms with Gasteiger partial charge in [0.15, 0.2) is 0 Å². The maximum Gasteiger partial charge on any atom is 0.242 e. The van der Waals surface area contributed by atoms with Crippen LogP contribution in [0.1, 0.15) is 12.0 Å². The predicted molar refractivity (Wildman–Crippen MR) is 84.4 cm³/mol. The van der Waals surface area contributed by atoms with Crippen molar-refractivity contribution in [2.75, 3.05) is 26.7 Å². The number of amides is 2. The van der Waals surface area contributed by atoms with Crippen LogP contribution in [0.15, 0.2) is 30.3 Å². The molecule has 1 saturated heterocycles. The van der Waals surface area contributed by atoms with Crippen LogP contribution in [0, 0.1) is 0 Å². The number of halogens is 1. The molecule has 1 aromatic rings. The van der Waals surface area contributed by atoms with E-state index in [1.807, 2.05) is 30.3 Å². The number of likely N-dealkylation sites (N-methyl/N-ethyl adjacent to an activating group) is 1. The van der Waals surface area contributed by atoms with E-state index in [9.17, 15) is 9.59 Å². The zero-order valence-corrected chi connectivity index (χ0v) is 13.0. The highest BCUT2D eigenvalue weighted by molar-refractivity contribution is 5.86. The molecule has 1 fully saturated rings. The van der Waals surface area contributed by atoms with Gasteiger partial charge in [-0.05, 0) is 18.5 Å². The van der Waals surface area contributed by atoms with E-state index >= 15 is 0 Å². The molecule has 21 heavy (non-hydrogen) atoms. The highest BCUT2D eigenvalue weighted by Crippen LogP contribution is 2.06. The van der Waals surface area contributed by atoms with Gasteiger partial charge < -0.3 is 15.5 Å². The lowest BCUT2D eigenvalue weighted by Crippen LogP contribution is -2.44. The number of hydrogen-bond acceptors (Lipinski definition) is 3. The molecule has 0 radical (unpaired) electrons. The zero-order valence-electron chi connectivity index (χ0n) is 12.2. The maximum atomic E-state index is 12.0. The number of benzene rings is 1. The van der Waals surface area contributed by atoms with Crippen LogP contribution in [0.5, 0.6) is 0 Å². The Morgan fingerprint density at radius 3 is 2.67 bits per heavy atom. The molecule has 1 atom stereocenters. The Morgan fingerprint density at radius 1 is 1.33 bits per heavy atom. The molecule has 116 valence electrons. The van der Waals surface area contributed by atoms with Crippen LogP contribution < -0.4 is 10.6 Å². The molecule has 1 heterocycles. The topological polar surface area (TPSA) is 61.4 Å². The van der Waals surface area contributed by atoms with Gasteiger partial charge in [-0.15, -0.1) is 12.4 Å². The average molecular weight is 312 g/mol. The fourth-order valence-corrected chi connectivity index (χ4v) is 2.32. The third-order valence-electron chi connectivity index (χ3n) is 3.62. The van der Waals surface area contributed by atoms with Crippen LogP contribution in [0.25, 0.3) is 0 Å². The van der Waals surface area contributed by atoms with Crippen LogP contribution in [0.3, 0.4) is 0 Å². The van der Waals surface area contributed by atoms with Gasteiger partial charge in [0, 0.05) is 19.6 Å². The van der Waals surface area contributed by atoms with Crippen molar-refractivity contribution in [1.82, 2.24) is 15.5 Å². The molecule has 1 aliphatic rings. The van der Waals surface area contributed by atoms with E-state index in [1.165, 1.54) is 0 Å². The lowest BCUT2D eigenvalue weighted by Gasteiger charge is -2.23. The lowest BCUT2D eigenvalue weighted by molar-refractivity contribution is -0.133. The first-order chi connectivity index (χ1) is 9.66. The van der Waals surface area contributed by atoms with Crippen molar-refractivity contribution in [3.05, 3.63) is 35.9 Å². The third-order valence-corrected chi connectivity index (χ3v) is 3.62. The summed E-state index contributed by atoms with van der Waals surface area (Å²) < 4.78 is 0. The minimum atomic E-state index is -0.123. The second-order valence-electron chi connectivity index (χ2n) is 5.09. The van der Waals surface area contributed by atoms with Crippen molar-refractivity contribution in [1.29, 1.82) is 0 Å². The quantitative estimate of drug-likeness (QED) is 0.836. The van der Waals surface area contributed by atoms with Gasteiger partial charge >= 0.3 is 0 Å². The van der Waals surface area contributed by atoms with Gasteiger partial charge in [-0.2, -0.15) is 0 Å². The van der Waals surface area contributed by atoms with E-state index in [0.717, 1.165) is 25.1 Å². The van der Waals surface area contributed by atoms with E-state index in [2.05, 4.69) is 10.6 Å². The van der Waals surface area contributed by atoms with E-state index in [4.69, 9.17) is 0 Å². The molecule has 0 aliphatic carbocycles. The molecule has 1 aliphatic heterocycles. The van der Waals surface area contributed by atoms with Crippen LogP contribution in [-0.4, -0.2) is 49.4 Å². The Morgan fingerprint density at radius 2 is 2.05 bits per heavy atom. The predicted octanol–water partition coefficient (Wildman–Crippen LogP) is 0.587. The van der Waals surface area contributed by atoms with Crippen molar-refractivity contribution in [3.63, 3.8) is 0 Å². The van der Waals surface area contributed by atoms with Crippen LogP contribution in [-0.2, 0) is 16.0 Å². The van der Waals surface area contributed by atoms with E-state index in [-0.39, 0.29) is 36.8 Å². The van der Waals surface area contributed by atoms with Crippen molar-refractivity contribution in [2.45, 2.75) is 18.9 Å². The highest BCUT2D eigenvalue weighted by atomic mass is 35.5. The van der Waals surface area contributed by atoms with Gasteiger partial charge in [0.25, 0.3) is 0 Å². The standard InChI is InChI=1S/C15H21N3O2.ClH/c1-18(13-7-8-16-10-13)15(20)11-17-14(19)9-12-5-3-2-4-6-12;/h2-6,13,16H,7-11H2,1H3,(H,17,19);1H. The van der Waals surface area contributed by atoms with Gasteiger partial charge in [-0.3, -0.25) is 9.59 Å². The van der Waals surface area contributed by atoms with Crippen molar-refractivity contribution in [2.24, 2.45) is 0 Å². The number of nitrogens with one attached hydrogen (secondary N) is 2. The van der Waals surface area contributed by atoms with Gasteiger partial charge in [-0.1, -0.05) is 30.3 Å². The van der Waals surface area contributed by atoms with Crippen molar-refractivity contribution < 1.29 is 9.59 Å². The molecule has 0 aromatic heterocycles. The Hall–Kier alpha value is -1.59. The van der Waals surface area contributed by atoms with E-state index in [0.29, 0.717) is 6.42 Å². The van der Waals surface area contributed by atoms with Crippen LogP contribution in [0.4, 0.5) is 0 Å². The molecule has 0 saturated carbocycles. The summed E-state index contributed by atoms with van der Waals surface area (Å²) in [5.74, 6) is -0.164. The summed E-state index contributed by atoms with van der Waals surface area (Å²) in [6.07, 6.45) is 1.28. The van der Waals surface area contributed by atoms with Gasteiger partial charge in [-0.25, -0.2) is 0 Å². The lowest BCUT2D eigenvalue weighted by atomic mass is 10.1. The highest BCUT2D eigenvalue weighted by Gasteiger charge is 2.23. The summed E-state index contributed by atoms with van der Waals surface area (Å²) in [7, 11) is 1.79. The number of nitrogens with zero attached hydrogens (tertiary/aromatic N) is 1. The minimum absolute atomic E-state index is 0. The van der Waals surface area contributed by atoms with Gasteiger partial charge in [0.2, 0.25) is 11.8 Å². The summed E-state index contributed by atoms with van der Waals surface area (Å²) in [4.78, 5) is 25.5. The first-order valence-corrected chi connectivity index (χ1v) is 6.94. The summed E-state index contributed by atoms with van der Waals surface area (Å²) in [5, 5.41) is 5.91. The van der Waals surface area contributed by atoms with E-state index < -0.39 is 0 Å². The molecule has 5 nitrogen and oxygen atoms in total. The Labute approximate surface area is 131 Å². The largest absolute Gasteiger partial charge is 0.347 e. The molecule has 6 heteroatoms. The molecule has 2 rings (SSSR count). The van der Waals surface area contributed by atoms with Gasteiger partial charge in [0.05, 0.1) is 13.0 Å². The first-order valence-electron chi connectivity index (χ1n) is 6.94. The Bertz CT molecular complexity index is 461. The van der Waals surface area contributed by atoms with Crippen molar-refractivity contribution in [3.8, 4) is 0 Å². The van der Waals surface area contributed by atoms with Crippen LogP contribution >= 0.6 is 12.4 Å². The summed E-state index contributed by atoms with van der Waals surface area (Å²) >= 11 is 0. The Balaban J connectivity index is 0.00000220. The summed E-state index contributed by atoms with van der Waals surface area (Å²) in [6, 6.07) is 9.75. The van der Waals surface area contributed by atoms with Crippen molar-refractivity contribution >= 4 is 24.2 Å². The molecular formula is C15H22ClN3O2. The normalized spacial score (nSPS) is 16.9. The molecule has 2 amide bonds. The molecule has 1 aromatic carbocycles. The number of carbonyl (C=O) groups excluding carboxylic acids is 2.